The van der Waals surface area contributed by atoms with E-state index in [0.717, 1.165) is 11.1 Å². The molecule has 0 aliphatic carbocycles. The molecule has 1 heterocycles. The van der Waals surface area contributed by atoms with Gasteiger partial charge in [-0.25, -0.2) is 0 Å². The van der Waals surface area contributed by atoms with Gasteiger partial charge < -0.3 is 14.7 Å². The Balaban J connectivity index is 1.70. The zero-order chi connectivity index (χ0) is 15.5. The second-order valence-corrected chi connectivity index (χ2v) is 5.45. The summed E-state index contributed by atoms with van der Waals surface area (Å²) in [5.41, 5.74) is 1.92. The summed E-state index contributed by atoms with van der Waals surface area (Å²) in [7, 11) is 1.71. The van der Waals surface area contributed by atoms with Crippen molar-refractivity contribution in [3.05, 3.63) is 71.8 Å². The van der Waals surface area contributed by atoms with E-state index in [1.807, 2.05) is 60.7 Å². The van der Waals surface area contributed by atoms with Crippen LogP contribution in [0.25, 0.3) is 0 Å². The Morgan fingerprint density at radius 3 is 2.32 bits per heavy atom. The zero-order valence-corrected chi connectivity index (χ0v) is 12.4. The number of rotatable bonds is 5. The van der Waals surface area contributed by atoms with E-state index in [-0.39, 0.29) is 24.7 Å². The molecule has 4 heteroatoms. The highest BCUT2D eigenvalue weighted by atomic mass is 16.6. The minimum Gasteiger partial charge on any atom is -0.394 e. The first-order valence-corrected chi connectivity index (χ1v) is 7.35. The van der Waals surface area contributed by atoms with Crippen LogP contribution in [0.3, 0.4) is 0 Å². The summed E-state index contributed by atoms with van der Waals surface area (Å²) < 4.78 is 5.54. The van der Waals surface area contributed by atoms with Gasteiger partial charge in [-0.15, -0.1) is 0 Å². The summed E-state index contributed by atoms with van der Waals surface area (Å²) in [6.45, 7) is -0.116. The molecule has 3 atom stereocenters. The first-order chi connectivity index (χ1) is 10.7. The van der Waals surface area contributed by atoms with Crippen LogP contribution in [0.15, 0.2) is 60.7 Å². The number of amides is 1. The summed E-state index contributed by atoms with van der Waals surface area (Å²) in [5, 5.41) is 9.65. The molecule has 2 aromatic rings. The Morgan fingerprint density at radius 1 is 1.14 bits per heavy atom. The van der Waals surface area contributed by atoms with Crippen LogP contribution in [-0.2, 0) is 9.53 Å². The monoisotopic (exact) mass is 297 g/mol. The third kappa shape index (κ3) is 2.89. The standard InChI is InChI=1S/C18H19NO3/c1-19(15(12-20)13-8-4-2-5-9-13)18(21)17-16(22-17)14-10-6-3-7-11-14/h2-11,15-17,20H,12H2,1H3/t15-,16?,17?/m1/s1. The number of ether oxygens (including phenoxy) is 1. The summed E-state index contributed by atoms with van der Waals surface area (Å²) in [6, 6.07) is 18.9. The average molecular weight is 297 g/mol. The maximum atomic E-state index is 12.6. The largest absolute Gasteiger partial charge is 0.394 e. The molecule has 2 aromatic carbocycles. The van der Waals surface area contributed by atoms with Crippen molar-refractivity contribution in [1.82, 2.24) is 4.90 Å². The Hall–Kier alpha value is -2.17. The zero-order valence-electron chi connectivity index (χ0n) is 12.4. The molecular formula is C18H19NO3. The molecule has 3 rings (SSSR count). The van der Waals surface area contributed by atoms with Crippen molar-refractivity contribution in [2.75, 3.05) is 13.7 Å². The fourth-order valence-corrected chi connectivity index (χ4v) is 2.68. The minimum absolute atomic E-state index is 0.100. The van der Waals surface area contributed by atoms with Crippen LogP contribution in [0.4, 0.5) is 0 Å². The van der Waals surface area contributed by atoms with Gasteiger partial charge in [-0.1, -0.05) is 60.7 Å². The Bertz CT molecular complexity index is 629. The lowest BCUT2D eigenvalue weighted by Gasteiger charge is -2.26. The fraction of sp³-hybridized carbons (Fsp3) is 0.278. The number of nitrogens with zero attached hydrogens (tertiary/aromatic N) is 1. The van der Waals surface area contributed by atoms with Crippen LogP contribution in [0.2, 0.25) is 0 Å². The van der Waals surface area contributed by atoms with Gasteiger partial charge in [0.2, 0.25) is 0 Å². The second-order valence-electron chi connectivity index (χ2n) is 5.45. The van der Waals surface area contributed by atoms with Crippen LogP contribution in [0, 0.1) is 0 Å². The molecule has 0 saturated carbocycles. The number of likely N-dealkylation sites (N-methyl/N-ethyl adjacent to an activating group) is 1. The molecule has 0 aromatic heterocycles. The molecule has 1 N–H and O–H groups in total. The molecule has 22 heavy (non-hydrogen) atoms. The average Bonchev–Trinajstić information content (AvgIpc) is 3.37. The number of hydrogen-bond acceptors (Lipinski definition) is 3. The summed E-state index contributed by atoms with van der Waals surface area (Å²) in [5.74, 6) is -0.100. The molecule has 1 amide bonds. The van der Waals surface area contributed by atoms with Crippen LogP contribution >= 0.6 is 0 Å². The van der Waals surface area contributed by atoms with Gasteiger partial charge in [0.1, 0.15) is 6.10 Å². The van der Waals surface area contributed by atoms with E-state index in [9.17, 15) is 9.90 Å². The predicted molar refractivity (Wildman–Crippen MR) is 83.1 cm³/mol. The lowest BCUT2D eigenvalue weighted by molar-refractivity contribution is -0.134. The topological polar surface area (TPSA) is 53.1 Å². The van der Waals surface area contributed by atoms with Gasteiger partial charge in [0.15, 0.2) is 6.10 Å². The van der Waals surface area contributed by atoms with Crippen molar-refractivity contribution in [2.45, 2.75) is 18.2 Å². The van der Waals surface area contributed by atoms with Crippen LogP contribution in [-0.4, -0.2) is 35.7 Å². The number of hydrogen-bond donors (Lipinski definition) is 1. The molecule has 1 saturated heterocycles. The summed E-state index contributed by atoms with van der Waals surface area (Å²) in [6.07, 6.45) is -0.628. The first kappa shape index (κ1) is 14.8. The molecule has 1 fully saturated rings. The third-order valence-corrected chi connectivity index (χ3v) is 4.04. The van der Waals surface area contributed by atoms with Gasteiger partial charge in [0.05, 0.1) is 12.6 Å². The smallest absolute Gasteiger partial charge is 0.255 e. The van der Waals surface area contributed by atoms with Crippen LogP contribution in [0.5, 0.6) is 0 Å². The van der Waals surface area contributed by atoms with Crippen molar-refractivity contribution in [3.63, 3.8) is 0 Å². The highest BCUT2D eigenvalue weighted by Gasteiger charge is 2.48. The van der Waals surface area contributed by atoms with E-state index in [1.165, 1.54) is 0 Å². The van der Waals surface area contributed by atoms with Gasteiger partial charge in [-0.3, -0.25) is 4.79 Å². The van der Waals surface area contributed by atoms with Crippen molar-refractivity contribution >= 4 is 5.91 Å². The molecule has 1 aliphatic rings. The lowest BCUT2D eigenvalue weighted by Crippen LogP contribution is -2.36. The fourth-order valence-electron chi connectivity index (χ4n) is 2.68. The molecular weight excluding hydrogens is 278 g/mol. The van der Waals surface area contributed by atoms with Gasteiger partial charge in [0.25, 0.3) is 5.91 Å². The first-order valence-electron chi connectivity index (χ1n) is 7.35. The van der Waals surface area contributed by atoms with E-state index >= 15 is 0 Å². The summed E-state index contributed by atoms with van der Waals surface area (Å²) >= 11 is 0. The Morgan fingerprint density at radius 2 is 1.73 bits per heavy atom. The molecule has 2 unspecified atom stereocenters. The molecule has 4 nitrogen and oxygen atoms in total. The maximum Gasteiger partial charge on any atom is 0.255 e. The van der Waals surface area contributed by atoms with Crippen molar-refractivity contribution in [2.24, 2.45) is 0 Å². The maximum absolute atomic E-state index is 12.6. The Labute approximate surface area is 130 Å². The van der Waals surface area contributed by atoms with Gasteiger partial charge in [-0.2, -0.15) is 0 Å². The number of carbonyl (C=O) groups excluding carboxylic acids is 1. The van der Waals surface area contributed by atoms with Crippen LogP contribution in [0.1, 0.15) is 23.3 Å². The third-order valence-electron chi connectivity index (χ3n) is 4.04. The molecule has 114 valence electrons. The minimum atomic E-state index is -0.454. The van der Waals surface area contributed by atoms with Crippen LogP contribution < -0.4 is 0 Å². The number of aliphatic hydroxyl groups excluding tert-OH is 1. The number of benzene rings is 2. The number of epoxide rings is 1. The van der Waals surface area contributed by atoms with Crippen molar-refractivity contribution in [3.8, 4) is 0 Å². The number of aliphatic hydroxyl groups is 1. The van der Waals surface area contributed by atoms with E-state index < -0.39 is 6.10 Å². The van der Waals surface area contributed by atoms with Gasteiger partial charge in [-0.05, 0) is 11.1 Å². The van der Waals surface area contributed by atoms with E-state index in [2.05, 4.69) is 0 Å². The predicted octanol–water partition coefficient (Wildman–Crippen LogP) is 2.32. The highest BCUT2D eigenvalue weighted by Crippen LogP contribution is 2.40. The number of carbonyl (C=O) groups is 1. The lowest BCUT2D eigenvalue weighted by atomic mass is 10.0. The molecule has 0 bridgehead atoms. The highest BCUT2D eigenvalue weighted by molar-refractivity contribution is 5.84. The second kappa shape index (κ2) is 6.30. The molecule has 0 spiro atoms. The SMILES string of the molecule is CN(C(=O)C1OC1c1ccccc1)[C@H](CO)c1ccccc1. The quantitative estimate of drug-likeness (QED) is 0.862. The van der Waals surface area contributed by atoms with E-state index in [0.29, 0.717) is 0 Å². The summed E-state index contributed by atoms with van der Waals surface area (Å²) in [4.78, 5) is 14.1. The molecule has 0 radical (unpaired) electrons. The normalized spacial score (nSPS) is 21.2. The van der Waals surface area contributed by atoms with E-state index in [4.69, 9.17) is 4.74 Å². The van der Waals surface area contributed by atoms with Crippen molar-refractivity contribution in [1.29, 1.82) is 0 Å². The van der Waals surface area contributed by atoms with Gasteiger partial charge >= 0.3 is 0 Å². The Kier molecular flexibility index (Phi) is 4.22. The van der Waals surface area contributed by atoms with E-state index in [1.54, 1.807) is 11.9 Å². The molecule has 1 aliphatic heterocycles. The van der Waals surface area contributed by atoms with Gasteiger partial charge in [0, 0.05) is 7.05 Å². The van der Waals surface area contributed by atoms with Crippen molar-refractivity contribution < 1.29 is 14.6 Å².